The van der Waals surface area contributed by atoms with Crippen LogP contribution in [0.25, 0.3) is 22.6 Å². The average molecular weight is 485 g/mol. The molecule has 1 aromatic carbocycles. The van der Waals surface area contributed by atoms with Crippen LogP contribution in [0.2, 0.25) is 0 Å². The molecule has 11 heteroatoms. The normalized spacial score (nSPS) is 15.3. The molecule has 0 N–H and O–H groups in total. The van der Waals surface area contributed by atoms with Gasteiger partial charge in [-0.25, -0.2) is 13.4 Å². The van der Waals surface area contributed by atoms with Crippen LogP contribution in [-0.2, 0) is 22.3 Å². The van der Waals surface area contributed by atoms with Crippen molar-refractivity contribution in [2.75, 3.05) is 13.1 Å². The molecule has 0 radical (unpaired) electrons. The van der Waals surface area contributed by atoms with Crippen LogP contribution in [0.4, 0.5) is 0 Å². The number of benzene rings is 1. The number of pyridine rings is 1. The van der Waals surface area contributed by atoms with Gasteiger partial charge in [0.2, 0.25) is 21.7 Å². The monoisotopic (exact) mass is 484 g/mol. The molecule has 4 aromatic rings. The van der Waals surface area contributed by atoms with E-state index in [1.165, 1.54) is 11.8 Å². The number of aryl methyl sites for hydroxylation is 1. The highest BCUT2D eigenvalue weighted by molar-refractivity contribution is 7.98. The van der Waals surface area contributed by atoms with Gasteiger partial charge < -0.3 is 9.09 Å². The Morgan fingerprint density at radius 3 is 2.70 bits per heavy atom. The van der Waals surface area contributed by atoms with Crippen LogP contribution in [0.3, 0.4) is 0 Å². The Bertz CT molecular complexity index is 1360. The Kier molecular flexibility index (Phi) is 6.17. The fourth-order valence-electron chi connectivity index (χ4n) is 3.96. The molecule has 1 fully saturated rings. The zero-order valence-electron chi connectivity index (χ0n) is 18.2. The van der Waals surface area contributed by atoms with Gasteiger partial charge in [-0.15, -0.1) is 0 Å². The molecule has 0 spiro atoms. The molecule has 0 aliphatic carbocycles. The van der Waals surface area contributed by atoms with Crippen molar-refractivity contribution in [1.82, 2.24) is 29.0 Å². The Balaban J connectivity index is 1.38. The minimum Gasteiger partial charge on any atom is -0.338 e. The van der Waals surface area contributed by atoms with Gasteiger partial charge in [-0.3, -0.25) is 4.98 Å². The van der Waals surface area contributed by atoms with Gasteiger partial charge in [0.1, 0.15) is 5.69 Å². The summed E-state index contributed by atoms with van der Waals surface area (Å²) in [7, 11) is -3.50. The van der Waals surface area contributed by atoms with Crippen molar-refractivity contribution in [1.29, 1.82) is 0 Å². The summed E-state index contributed by atoms with van der Waals surface area (Å²) in [4.78, 5) is 13.7. The average Bonchev–Trinajstić information content (AvgIpc) is 3.47. The molecular weight excluding hydrogens is 460 g/mol. The maximum absolute atomic E-state index is 13.1. The number of hydrogen-bond acceptors (Lipinski definition) is 8. The largest absolute Gasteiger partial charge is 0.338 e. The van der Waals surface area contributed by atoms with Gasteiger partial charge in [0.05, 0.1) is 21.7 Å². The van der Waals surface area contributed by atoms with Gasteiger partial charge in [0.25, 0.3) is 0 Å². The minimum absolute atomic E-state index is 0.297. The third-order valence-corrected chi connectivity index (χ3v) is 8.50. The first kappa shape index (κ1) is 22.1. The van der Waals surface area contributed by atoms with E-state index in [-0.39, 0.29) is 0 Å². The highest BCUT2D eigenvalue weighted by Crippen LogP contribution is 2.29. The third kappa shape index (κ3) is 4.40. The minimum atomic E-state index is -3.50. The van der Waals surface area contributed by atoms with E-state index in [1.54, 1.807) is 22.6 Å². The predicted molar refractivity (Wildman–Crippen MR) is 125 cm³/mol. The molecule has 9 nitrogen and oxygen atoms in total. The lowest BCUT2D eigenvalue weighted by molar-refractivity contribution is 0.346. The summed E-state index contributed by atoms with van der Waals surface area (Å²) >= 11 is 1.48. The Morgan fingerprint density at radius 1 is 1.09 bits per heavy atom. The smallest absolute Gasteiger partial charge is 0.243 e. The van der Waals surface area contributed by atoms with Crippen LogP contribution in [0.5, 0.6) is 0 Å². The van der Waals surface area contributed by atoms with Crippen molar-refractivity contribution >= 4 is 32.8 Å². The Hall–Kier alpha value is -2.76. The summed E-state index contributed by atoms with van der Waals surface area (Å²) < 4.78 is 35.2. The lowest BCUT2D eigenvalue weighted by atomic mass is 10.2. The second-order valence-corrected chi connectivity index (χ2v) is 10.6. The quantitative estimate of drug-likeness (QED) is 0.363. The molecule has 33 heavy (non-hydrogen) atoms. The van der Waals surface area contributed by atoms with E-state index in [0.29, 0.717) is 53.2 Å². The lowest BCUT2D eigenvalue weighted by Gasteiger charge is -2.25. The summed E-state index contributed by atoms with van der Waals surface area (Å²) in [6, 6.07) is 10.7. The first-order chi connectivity index (χ1) is 16.1. The molecule has 0 unspecified atom stereocenters. The lowest BCUT2D eigenvalue weighted by Crippen LogP contribution is -2.35. The van der Waals surface area contributed by atoms with Crippen molar-refractivity contribution in [3.8, 4) is 11.5 Å². The van der Waals surface area contributed by atoms with E-state index in [9.17, 15) is 8.42 Å². The van der Waals surface area contributed by atoms with Gasteiger partial charge in [-0.2, -0.15) is 9.29 Å². The number of sulfonamides is 1. The van der Waals surface area contributed by atoms with E-state index in [1.807, 2.05) is 31.2 Å². The SMILES string of the molecule is CCn1c(SCc2nc(-c3ccccn3)no2)nc2cc(S(=O)(=O)N3CCCCC3)ccc21. The van der Waals surface area contributed by atoms with Crippen molar-refractivity contribution in [2.24, 2.45) is 0 Å². The molecule has 1 saturated heterocycles. The molecule has 3 aromatic heterocycles. The zero-order valence-corrected chi connectivity index (χ0v) is 19.8. The van der Waals surface area contributed by atoms with E-state index in [0.717, 1.165) is 29.9 Å². The van der Waals surface area contributed by atoms with E-state index in [4.69, 9.17) is 9.51 Å². The standard InChI is InChI=1S/C22H24N6O3S2/c1-2-28-19-10-9-16(33(29,30)27-12-6-3-7-13-27)14-18(19)24-22(28)32-15-20-25-21(26-31-20)17-8-4-5-11-23-17/h4-5,8-11,14H,2-3,6-7,12-13,15H2,1H3. The van der Waals surface area contributed by atoms with Gasteiger partial charge >= 0.3 is 0 Å². The van der Waals surface area contributed by atoms with Crippen molar-refractivity contribution in [3.05, 3.63) is 48.5 Å². The Morgan fingerprint density at radius 2 is 1.94 bits per heavy atom. The molecule has 0 bridgehead atoms. The predicted octanol–water partition coefficient (Wildman–Crippen LogP) is 3.97. The highest BCUT2D eigenvalue weighted by atomic mass is 32.2. The molecule has 0 amide bonds. The van der Waals surface area contributed by atoms with Crippen molar-refractivity contribution in [2.45, 2.75) is 48.5 Å². The first-order valence-corrected chi connectivity index (χ1v) is 13.4. The Labute approximate surface area is 196 Å². The summed E-state index contributed by atoms with van der Waals surface area (Å²) in [5.74, 6) is 1.37. The van der Waals surface area contributed by atoms with Crippen LogP contribution >= 0.6 is 11.8 Å². The van der Waals surface area contributed by atoms with Crippen LogP contribution in [0.15, 0.2) is 57.2 Å². The zero-order chi connectivity index (χ0) is 22.8. The summed E-state index contributed by atoms with van der Waals surface area (Å²) in [5, 5.41) is 4.78. The molecule has 5 rings (SSSR count). The molecule has 4 heterocycles. The number of imidazole rings is 1. The second-order valence-electron chi connectivity index (χ2n) is 7.77. The van der Waals surface area contributed by atoms with Crippen molar-refractivity contribution in [3.63, 3.8) is 0 Å². The maximum Gasteiger partial charge on any atom is 0.243 e. The van der Waals surface area contributed by atoms with Crippen molar-refractivity contribution < 1.29 is 12.9 Å². The van der Waals surface area contributed by atoms with Crippen LogP contribution in [-0.4, -0.2) is 50.5 Å². The van der Waals surface area contributed by atoms with Crippen LogP contribution in [0.1, 0.15) is 32.1 Å². The number of hydrogen-bond donors (Lipinski definition) is 0. The second kappa shape index (κ2) is 9.24. The summed E-state index contributed by atoms with van der Waals surface area (Å²) in [5.41, 5.74) is 2.22. The van der Waals surface area contributed by atoms with Gasteiger partial charge in [0, 0.05) is 25.8 Å². The molecule has 172 valence electrons. The molecule has 0 saturated carbocycles. The molecule has 1 aliphatic heterocycles. The molecular formula is C22H24N6O3S2. The fourth-order valence-corrected chi connectivity index (χ4v) is 6.41. The van der Waals surface area contributed by atoms with Crippen LogP contribution < -0.4 is 0 Å². The fraction of sp³-hybridized carbons (Fsp3) is 0.364. The number of rotatable bonds is 7. The number of aromatic nitrogens is 5. The number of fused-ring (bicyclic) bond motifs is 1. The van der Waals surface area contributed by atoms with E-state index >= 15 is 0 Å². The third-order valence-electron chi connectivity index (χ3n) is 5.64. The van der Waals surface area contributed by atoms with E-state index in [2.05, 4.69) is 19.7 Å². The molecule has 0 atom stereocenters. The summed E-state index contributed by atoms with van der Waals surface area (Å²) in [6.07, 6.45) is 4.58. The highest BCUT2D eigenvalue weighted by Gasteiger charge is 2.26. The van der Waals surface area contributed by atoms with Gasteiger partial charge in [-0.05, 0) is 50.1 Å². The first-order valence-electron chi connectivity index (χ1n) is 10.9. The number of nitrogens with zero attached hydrogens (tertiary/aromatic N) is 6. The molecule has 1 aliphatic rings. The van der Waals surface area contributed by atoms with E-state index < -0.39 is 10.0 Å². The maximum atomic E-state index is 13.1. The summed E-state index contributed by atoms with van der Waals surface area (Å²) in [6.45, 7) is 3.90. The number of piperidine rings is 1. The van der Waals surface area contributed by atoms with Crippen LogP contribution in [0, 0.1) is 0 Å². The topological polar surface area (TPSA) is 107 Å². The van der Waals surface area contributed by atoms with Gasteiger partial charge in [0.15, 0.2) is 5.16 Å². The number of thioether (sulfide) groups is 1. The van der Waals surface area contributed by atoms with Gasteiger partial charge in [-0.1, -0.05) is 29.4 Å².